The van der Waals surface area contributed by atoms with E-state index in [0.29, 0.717) is 16.7 Å². The van der Waals surface area contributed by atoms with Gasteiger partial charge < -0.3 is 0 Å². The number of nitrogens with zero attached hydrogens (tertiary/aromatic N) is 1. The van der Waals surface area contributed by atoms with Crippen molar-refractivity contribution in [2.24, 2.45) is 5.41 Å². The first kappa shape index (κ1) is 14.2. The lowest BCUT2D eigenvalue weighted by atomic mass is 9.82. The number of pyridine rings is 1. The molecule has 0 aliphatic heterocycles. The summed E-state index contributed by atoms with van der Waals surface area (Å²) in [6.45, 7) is 2.32. The highest BCUT2D eigenvalue weighted by atomic mass is 19.1. The molecule has 2 aromatic rings. The van der Waals surface area contributed by atoms with Gasteiger partial charge in [-0.05, 0) is 54.5 Å². The maximum atomic E-state index is 13.9. The molecular formula is C18H19F2N. The van der Waals surface area contributed by atoms with Gasteiger partial charge in [-0.1, -0.05) is 19.8 Å². The summed E-state index contributed by atoms with van der Waals surface area (Å²) < 4.78 is 26.9. The fourth-order valence-electron chi connectivity index (χ4n) is 3.33. The van der Waals surface area contributed by atoms with Gasteiger partial charge in [0.25, 0.3) is 0 Å². The number of halogens is 2. The molecule has 0 saturated heterocycles. The van der Waals surface area contributed by atoms with Gasteiger partial charge in [-0.2, -0.15) is 0 Å². The van der Waals surface area contributed by atoms with Crippen molar-refractivity contribution in [3.63, 3.8) is 0 Å². The number of rotatable bonds is 3. The molecule has 0 bridgehead atoms. The quantitative estimate of drug-likeness (QED) is 0.760. The minimum Gasteiger partial charge on any atom is -0.256 e. The Bertz CT molecular complexity index is 645. The smallest absolute Gasteiger partial charge is 0.135 e. The topological polar surface area (TPSA) is 12.9 Å². The van der Waals surface area contributed by atoms with Gasteiger partial charge in [0.1, 0.15) is 11.6 Å². The molecule has 21 heavy (non-hydrogen) atoms. The number of hydrogen-bond acceptors (Lipinski definition) is 1. The monoisotopic (exact) mass is 287 g/mol. The predicted octanol–water partition coefficient (Wildman–Crippen LogP) is 5.15. The van der Waals surface area contributed by atoms with E-state index in [-0.39, 0.29) is 0 Å². The summed E-state index contributed by atoms with van der Waals surface area (Å²) in [7, 11) is 0. The van der Waals surface area contributed by atoms with E-state index in [9.17, 15) is 8.78 Å². The molecular weight excluding hydrogens is 268 g/mol. The summed E-state index contributed by atoms with van der Waals surface area (Å²) in [6.07, 6.45) is 7.78. The number of hydrogen-bond donors (Lipinski definition) is 0. The van der Waals surface area contributed by atoms with Crippen molar-refractivity contribution in [1.82, 2.24) is 4.98 Å². The molecule has 3 heteroatoms. The highest BCUT2D eigenvalue weighted by molar-refractivity contribution is 5.60. The van der Waals surface area contributed by atoms with Gasteiger partial charge >= 0.3 is 0 Å². The minimum atomic E-state index is -0.564. The molecule has 1 fully saturated rings. The lowest BCUT2D eigenvalue weighted by molar-refractivity contribution is 0.334. The second-order valence-electron chi connectivity index (χ2n) is 6.37. The summed E-state index contributed by atoms with van der Waals surface area (Å²) in [4.78, 5) is 4.23. The Balaban J connectivity index is 1.89. The zero-order chi connectivity index (χ0) is 14.9. The molecule has 1 aromatic carbocycles. The molecule has 0 atom stereocenters. The minimum absolute atomic E-state index is 0.347. The third kappa shape index (κ3) is 3.12. The normalized spacial score (nSPS) is 17.1. The van der Waals surface area contributed by atoms with Gasteiger partial charge in [0.05, 0.1) is 5.69 Å². The standard InChI is InChI=1S/C18H19F2N/c1-18(7-2-3-8-18)12-13-6-9-21-17(10-13)15-5-4-14(19)11-16(15)20/h4-6,9-11H,2-3,7-8,12H2,1H3. The summed E-state index contributed by atoms with van der Waals surface area (Å²) >= 11 is 0. The molecule has 0 spiro atoms. The van der Waals surface area contributed by atoms with Crippen LogP contribution in [0.5, 0.6) is 0 Å². The van der Waals surface area contributed by atoms with Crippen molar-refractivity contribution < 1.29 is 8.78 Å². The van der Waals surface area contributed by atoms with Crippen LogP contribution in [0.15, 0.2) is 36.5 Å². The lowest BCUT2D eigenvalue weighted by Gasteiger charge is -2.23. The molecule has 1 aliphatic carbocycles. The number of aromatic nitrogens is 1. The second kappa shape index (κ2) is 5.55. The van der Waals surface area contributed by atoms with Crippen LogP contribution in [0.1, 0.15) is 38.2 Å². The highest BCUT2D eigenvalue weighted by Gasteiger charge is 2.28. The van der Waals surface area contributed by atoms with Crippen molar-refractivity contribution in [3.05, 3.63) is 53.7 Å². The van der Waals surface area contributed by atoms with Gasteiger partial charge in [0.15, 0.2) is 0 Å². The van der Waals surface area contributed by atoms with Gasteiger partial charge in [0, 0.05) is 17.8 Å². The van der Waals surface area contributed by atoms with Crippen LogP contribution in [-0.2, 0) is 6.42 Å². The van der Waals surface area contributed by atoms with E-state index in [1.165, 1.54) is 43.4 Å². The van der Waals surface area contributed by atoms with Crippen LogP contribution >= 0.6 is 0 Å². The third-order valence-corrected chi connectivity index (χ3v) is 4.47. The van der Waals surface area contributed by atoms with Crippen molar-refractivity contribution in [2.45, 2.75) is 39.0 Å². The molecule has 0 amide bonds. The molecule has 0 unspecified atom stereocenters. The van der Waals surface area contributed by atoms with Crippen molar-refractivity contribution in [2.75, 3.05) is 0 Å². The van der Waals surface area contributed by atoms with Gasteiger partial charge in [-0.25, -0.2) is 8.78 Å². The maximum absolute atomic E-state index is 13.9. The highest BCUT2D eigenvalue weighted by Crippen LogP contribution is 2.40. The lowest BCUT2D eigenvalue weighted by Crippen LogP contribution is -2.14. The van der Waals surface area contributed by atoms with Crippen LogP contribution in [0.2, 0.25) is 0 Å². The summed E-state index contributed by atoms with van der Waals surface area (Å²) in [5, 5.41) is 0. The Kier molecular flexibility index (Phi) is 3.75. The first-order valence-corrected chi connectivity index (χ1v) is 7.46. The summed E-state index contributed by atoms with van der Waals surface area (Å²) in [5.41, 5.74) is 2.45. The molecule has 0 radical (unpaired) electrons. The van der Waals surface area contributed by atoms with E-state index >= 15 is 0 Å². The number of benzene rings is 1. The van der Waals surface area contributed by atoms with Gasteiger partial charge in [-0.15, -0.1) is 0 Å². The van der Waals surface area contributed by atoms with Crippen LogP contribution in [0.25, 0.3) is 11.3 Å². The van der Waals surface area contributed by atoms with Gasteiger partial charge in [-0.3, -0.25) is 4.98 Å². The van der Waals surface area contributed by atoms with E-state index in [4.69, 9.17) is 0 Å². The zero-order valence-electron chi connectivity index (χ0n) is 12.2. The van der Waals surface area contributed by atoms with E-state index in [1.807, 2.05) is 12.1 Å². The van der Waals surface area contributed by atoms with E-state index < -0.39 is 11.6 Å². The van der Waals surface area contributed by atoms with Crippen LogP contribution in [0.4, 0.5) is 8.78 Å². The van der Waals surface area contributed by atoms with Crippen molar-refractivity contribution >= 4 is 0 Å². The largest absolute Gasteiger partial charge is 0.256 e. The fraction of sp³-hybridized carbons (Fsp3) is 0.389. The van der Waals surface area contributed by atoms with Crippen LogP contribution in [0.3, 0.4) is 0 Å². The summed E-state index contributed by atoms with van der Waals surface area (Å²) in [5.74, 6) is -1.13. The molecule has 110 valence electrons. The first-order valence-electron chi connectivity index (χ1n) is 7.46. The molecule has 1 aromatic heterocycles. The molecule has 1 heterocycles. The Hall–Kier alpha value is -1.77. The van der Waals surface area contributed by atoms with Crippen molar-refractivity contribution in [1.29, 1.82) is 0 Å². The van der Waals surface area contributed by atoms with E-state index in [2.05, 4.69) is 11.9 Å². The Morgan fingerprint density at radius 3 is 2.57 bits per heavy atom. The van der Waals surface area contributed by atoms with Gasteiger partial charge in [0.2, 0.25) is 0 Å². The molecule has 1 aliphatic rings. The second-order valence-corrected chi connectivity index (χ2v) is 6.37. The zero-order valence-corrected chi connectivity index (χ0v) is 12.2. The van der Waals surface area contributed by atoms with Crippen LogP contribution in [0, 0.1) is 17.0 Å². The average molecular weight is 287 g/mol. The van der Waals surface area contributed by atoms with Crippen LogP contribution < -0.4 is 0 Å². The SMILES string of the molecule is CC1(Cc2ccnc(-c3ccc(F)cc3F)c2)CCCC1. The Morgan fingerprint density at radius 1 is 1.10 bits per heavy atom. The Morgan fingerprint density at radius 2 is 1.86 bits per heavy atom. The van der Waals surface area contributed by atoms with E-state index in [1.54, 1.807) is 6.20 Å². The summed E-state index contributed by atoms with van der Waals surface area (Å²) in [6, 6.07) is 7.55. The average Bonchev–Trinajstić information content (AvgIpc) is 2.85. The predicted molar refractivity (Wildman–Crippen MR) is 79.9 cm³/mol. The van der Waals surface area contributed by atoms with Crippen LogP contribution in [-0.4, -0.2) is 4.98 Å². The molecule has 3 rings (SSSR count). The third-order valence-electron chi connectivity index (χ3n) is 4.47. The Labute approximate surface area is 124 Å². The maximum Gasteiger partial charge on any atom is 0.135 e. The first-order chi connectivity index (χ1) is 10.1. The van der Waals surface area contributed by atoms with Crippen molar-refractivity contribution in [3.8, 4) is 11.3 Å². The molecule has 1 saturated carbocycles. The van der Waals surface area contributed by atoms with E-state index in [0.717, 1.165) is 12.5 Å². The fourth-order valence-corrected chi connectivity index (χ4v) is 3.33. The molecule has 0 N–H and O–H groups in total. The molecule has 1 nitrogen and oxygen atoms in total.